The second-order valence-corrected chi connectivity index (χ2v) is 6.52. The Hall–Kier alpha value is -1.91. The van der Waals surface area contributed by atoms with Gasteiger partial charge in [-0.3, -0.25) is 4.79 Å². The van der Waals surface area contributed by atoms with E-state index in [0.29, 0.717) is 19.1 Å². The zero-order valence-corrected chi connectivity index (χ0v) is 13.3. The minimum atomic E-state index is -0.453. The van der Waals surface area contributed by atoms with E-state index in [1.807, 2.05) is 31.2 Å². The number of carbonyl (C=O) groups is 1. The van der Waals surface area contributed by atoms with Crippen LogP contribution >= 0.6 is 0 Å². The second kappa shape index (κ2) is 5.62. The molecule has 1 atom stereocenters. The maximum absolute atomic E-state index is 11.3. The number of hydrogen-bond donors (Lipinski definition) is 0. The third-order valence-corrected chi connectivity index (χ3v) is 5.01. The molecule has 120 valence electrons. The van der Waals surface area contributed by atoms with Gasteiger partial charge in [0.1, 0.15) is 0 Å². The van der Waals surface area contributed by atoms with Gasteiger partial charge < -0.3 is 14.0 Å². The average molecular weight is 311 g/mol. The van der Waals surface area contributed by atoms with Crippen molar-refractivity contribution in [2.24, 2.45) is 0 Å². The number of aldehydes is 1. The maximum Gasteiger partial charge on any atom is 0.166 e. The molecule has 4 heteroatoms. The normalized spacial score (nSPS) is 22.2. The summed E-state index contributed by atoms with van der Waals surface area (Å²) >= 11 is 0. The standard InChI is InChI=1S/C19H21NO3/c1-19(22-10-11-23-19)12-14-8-9-20-17(14)6-7-18(20)16-5-3-2-4-15(16)13-21/h2-7,13-14H,8-12H2,1H3. The Morgan fingerprint density at radius 1 is 1.22 bits per heavy atom. The lowest BCUT2D eigenvalue weighted by Crippen LogP contribution is -2.27. The molecule has 1 aromatic heterocycles. The van der Waals surface area contributed by atoms with Crippen LogP contribution < -0.4 is 0 Å². The monoisotopic (exact) mass is 311 g/mol. The quantitative estimate of drug-likeness (QED) is 0.810. The van der Waals surface area contributed by atoms with E-state index in [-0.39, 0.29) is 0 Å². The van der Waals surface area contributed by atoms with Crippen molar-refractivity contribution in [1.82, 2.24) is 4.57 Å². The zero-order chi connectivity index (χ0) is 15.9. The molecule has 23 heavy (non-hydrogen) atoms. The van der Waals surface area contributed by atoms with E-state index >= 15 is 0 Å². The largest absolute Gasteiger partial charge is 0.348 e. The lowest BCUT2D eigenvalue weighted by atomic mass is 9.96. The molecule has 0 spiro atoms. The Morgan fingerprint density at radius 2 is 2.00 bits per heavy atom. The molecule has 0 bridgehead atoms. The molecule has 2 aromatic rings. The van der Waals surface area contributed by atoms with Gasteiger partial charge in [-0.1, -0.05) is 24.3 Å². The number of ether oxygens (including phenoxy) is 2. The van der Waals surface area contributed by atoms with E-state index in [1.54, 1.807) is 0 Å². The van der Waals surface area contributed by atoms with Crippen LogP contribution in [0.4, 0.5) is 0 Å². The van der Waals surface area contributed by atoms with Gasteiger partial charge in [0, 0.05) is 41.4 Å². The number of aromatic nitrogens is 1. The summed E-state index contributed by atoms with van der Waals surface area (Å²) < 4.78 is 13.9. The van der Waals surface area contributed by atoms with Crippen molar-refractivity contribution in [3.8, 4) is 11.3 Å². The predicted octanol–water partition coefficient (Wildman–Crippen LogP) is 3.61. The number of rotatable bonds is 4. The van der Waals surface area contributed by atoms with Crippen LogP contribution in [0.5, 0.6) is 0 Å². The summed E-state index contributed by atoms with van der Waals surface area (Å²) in [4.78, 5) is 11.3. The van der Waals surface area contributed by atoms with Gasteiger partial charge in [0.2, 0.25) is 0 Å². The summed E-state index contributed by atoms with van der Waals surface area (Å²) in [5.74, 6) is -0.0134. The fourth-order valence-electron chi connectivity index (χ4n) is 3.92. The van der Waals surface area contributed by atoms with Crippen LogP contribution in [0.25, 0.3) is 11.3 Å². The van der Waals surface area contributed by atoms with Crippen LogP contribution in [-0.2, 0) is 16.0 Å². The summed E-state index contributed by atoms with van der Waals surface area (Å²) in [7, 11) is 0. The number of carbonyl (C=O) groups excluding carboxylic acids is 1. The van der Waals surface area contributed by atoms with E-state index in [1.165, 1.54) is 5.69 Å². The molecule has 1 aromatic carbocycles. The maximum atomic E-state index is 11.3. The van der Waals surface area contributed by atoms with Gasteiger partial charge in [-0.2, -0.15) is 0 Å². The smallest absolute Gasteiger partial charge is 0.166 e. The van der Waals surface area contributed by atoms with E-state index in [0.717, 1.165) is 42.5 Å². The van der Waals surface area contributed by atoms with Gasteiger partial charge in [-0.05, 0) is 25.5 Å². The molecular formula is C19H21NO3. The lowest BCUT2D eigenvalue weighted by molar-refractivity contribution is -0.150. The van der Waals surface area contributed by atoms with Gasteiger partial charge in [0.25, 0.3) is 0 Å². The molecule has 1 unspecified atom stereocenters. The van der Waals surface area contributed by atoms with Crippen molar-refractivity contribution in [1.29, 1.82) is 0 Å². The number of hydrogen-bond acceptors (Lipinski definition) is 3. The van der Waals surface area contributed by atoms with Crippen molar-refractivity contribution < 1.29 is 14.3 Å². The fraction of sp³-hybridized carbons (Fsp3) is 0.421. The second-order valence-electron chi connectivity index (χ2n) is 6.52. The van der Waals surface area contributed by atoms with E-state index in [4.69, 9.17) is 9.47 Å². The first-order valence-electron chi connectivity index (χ1n) is 8.22. The van der Waals surface area contributed by atoms with Crippen molar-refractivity contribution in [2.45, 2.75) is 38.0 Å². The molecule has 2 aliphatic heterocycles. The average Bonchev–Trinajstić information content (AvgIpc) is 3.26. The highest BCUT2D eigenvalue weighted by Crippen LogP contribution is 2.41. The predicted molar refractivity (Wildman–Crippen MR) is 87.5 cm³/mol. The minimum Gasteiger partial charge on any atom is -0.348 e. The Morgan fingerprint density at radius 3 is 2.78 bits per heavy atom. The van der Waals surface area contributed by atoms with Gasteiger partial charge in [0.15, 0.2) is 12.1 Å². The molecule has 4 rings (SSSR count). The third-order valence-electron chi connectivity index (χ3n) is 5.01. The van der Waals surface area contributed by atoms with E-state index < -0.39 is 5.79 Å². The Kier molecular flexibility index (Phi) is 3.58. The van der Waals surface area contributed by atoms with Crippen molar-refractivity contribution in [3.05, 3.63) is 47.7 Å². The summed E-state index contributed by atoms with van der Waals surface area (Å²) in [6, 6.07) is 12.1. The molecule has 1 saturated heterocycles. The molecule has 0 N–H and O–H groups in total. The zero-order valence-electron chi connectivity index (χ0n) is 13.3. The molecule has 0 amide bonds. The van der Waals surface area contributed by atoms with Gasteiger partial charge in [-0.25, -0.2) is 0 Å². The minimum absolute atomic E-state index is 0.440. The van der Waals surface area contributed by atoms with E-state index in [2.05, 4.69) is 16.7 Å². The molecule has 0 radical (unpaired) electrons. The molecule has 4 nitrogen and oxygen atoms in total. The highest BCUT2D eigenvalue weighted by Gasteiger charge is 2.37. The number of fused-ring (bicyclic) bond motifs is 1. The molecule has 1 fully saturated rings. The van der Waals surface area contributed by atoms with Crippen molar-refractivity contribution >= 4 is 6.29 Å². The molecule has 3 heterocycles. The summed E-state index contributed by atoms with van der Waals surface area (Å²) in [5, 5.41) is 0. The molecule has 0 aliphatic carbocycles. The Labute approximate surface area is 136 Å². The van der Waals surface area contributed by atoms with Crippen LogP contribution in [0.15, 0.2) is 36.4 Å². The topological polar surface area (TPSA) is 40.5 Å². The molecule has 0 saturated carbocycles. The fourth-order valence-corrected chi connectivity index (χ4v) is 3.92. The van der Waals surface area contributed by atoms with Crippen molar-refractivity contribution in [2.75, 3.05) is 13.2 Å². The summed E-state index contributed by atoms with van der Waals surface area (Å²) in [6.45, 7) is 4.38. The van der Waals surface area contributed by atoms with Gasteiger partial charge in [-0.15, -0.1) is 0 Å². The highest BCUT2D eigenvalue weighted by atomic mass is 16.7. The molecule has 2 aliphatic rings. The van der Waals surface area contributed by atoms with Crippen molar-refractivity contribution in [3.63, 3.8) is 0 Å². The lowest BCUT2D eigenvalue weighted by Gasteiger charge is -2.25. The summed E-state index contributed by atoms with van der Waals surface area (Å²) in [5.41, 5.74) is 4.20. The third kappa shape index (κ3) is 2.52. The summed E-state index contributed by atoms with van der Waals surface area (Å²) in [6.07, 6.45) is 2.91. The van der Waals surface area contributed by atoms with Gasteiger partial charge in [0.05, 0.1) is 13.2 Å². The molecular weight excluding hydrogens is 290 g/mol. The first-order chi connectivity index (χ1) is 11.2. The van der Waals surface area contributed by atoms with Crippen LogP contribution in [-0.4, -0.2) is 29.9 Å². The van der Waals surface area contributed by atoms with Crippen LogP contribution in [0.2, 0.25) is 0 Å². The highest BCUT2D eigenvalue weighted by molar-refractivity contribution is 5.86. The first kappa shape index (κ1) is 14.7. The SMILES string of the molecule is CC1(CC2CCn3c(-c4ccccc4C=O)ccc32)OCCO1. The number of benzene rings is 1. The number of nitrogens with zero attached hydrogens (tertiary/aromatic N) is 1. The van der Waals surface area contributed by atoms with Crippen LogP contribution in [0, 0.1) is 0 Å². The first-order valence-corrected chi connectivity index (χ1v) is 8.22. The van der Waals surface area contributed by atoms with E-state index in [9.17, 15) is 4.79 Å². The van der Waals surface area contributed by atoms with Crippen LogP contribution in [0.3, 0.4) is 0 Å². The Bertz CT molecular complexity index is 728. The van der Waals surface area contributed by atoms with Crippen LogP contribution in [0.1, 0.15) is 41.7 Å². The Balaban J connectivity index is 1.65. The van der Waals surface area contributed by atoms with Gasteiger partial charge >= 0.3 is 0 Å².